The van der Waals surface area contributed by atoms with E-state index in [0.717, 1.165) is 17.0 Å². The Balaban J connectivity index is 1.99. The van der Waals surface area contributed by atoms with Gasteiger partial charge in [-0.15, -0.1) is 0 Å². The number of rotatable bonds is 4. The third-order valence-corrected chi connectivity index (χ3v) is 3.58. The Bertz CT molecular complexity index is 537. The van der Waals surface area contributed by atoms with Crippen LogP contribution in [0.1, 0.15) is 23.1 Å². The van der Waals surface area contributed by atoms with Crippen molar-refractivity contribution in [1.29, 1.82) is 0 Å². The summed E-state index contributed by atoms with van der Waals surface area (Å²) in [4.78, 5) is 8.67. The largest absolute Gasteiger partial charge is 0.399 e. The molecule has 0 bridgehead atoms. The molecule has 0 saturated carbocycles. The molecule has 2 aromatic rings. The highest BCUT2D eigenvalue weighted by atomic mass is 32.2. The van der Waals surface area contributed by atoms with E-state index in [-0.39, 0.29) is 0 Å². The van der Waals surface area contributed by atoms with Crippen molar-refractivity contribution >= 4 is 17.4 Å². The number of nitrogens with two attached hydrogens (primary N) is 1. The van der Waals surface area contributed by atoms with Crippen LogP contribution in [0.15, 0.2) is 35.5 Å². The first-order chi connectivity index (χ1) is 9.04. The minimum Gasteiger partial charge on any atom is -0.399 e. The van der Waals surface area contributed by atoms with Crippen LogP contribution in [0.5, 0.6) is 0 Å². The van der Waals surface area contributed by atoms with E-state index in [1.807, 2.05) is 32.0 Å². The Kier molecular flexibility index (Phi) is 4.39. The van der Waals surface area contributed by atoms with E-state index in [1.54, 1.807) is 12.1 Å². The van der Waals surface area contributed by atoms with Crippen LogP contribution >= 0.6 is 11.8 Å². The summed E-state index contributed by atoms with van der Waals surface area (Å²) in [6.07, 6.45) is -0.546. The molecule has 0 spiro atoms. The molecular formula is C14H17N3OS. The lowest BCUT2D eigenvalue weighted by molar-refractivity contribution is 0.204. The summed E-state index contributed by atoms with van der Waals surface area (Å²) in [7, 11) is 0. The second kappa shape index (κ2) is 6.04. The lowest BCUT2D eigenvalue weighted by atomic mass is 10.1. The molecule has 0 amide bonds. The van der Waals surface area contributed by atoms with E-state index < -0.39 is 6.10 Å². The van der Waals surface area contributed by atoms with Crippen LogP contribution in [0.3, 0.4) is 0 Å². The highest BCUT2D eigenvalue weighted by molar-refractivity contribution is 7.99. The third-order valence-electron chi connectivity index (χ3n) is 2.65. The number of hydrogen-bond donors (Lipinski definition) is 2. The summed E-state index contributed by atoms with van der Waals surface area (Å²) in [6.45, 7) is 3.88. The summed E-state index contributed by atoms with van der Waals surface area (Å²) in [5, 5.41) is 10.8. The Morgan fingerprint density at radius 2 is 1.74 bits per heavy atom. The Morgan fingerprint density at radius 1 is 1.16 bits per heavy atom. The van der Waals surface area contributed by atoms with Gasteiger partial charge in [0.1, 0.15) is 0 Å². The molecule has 19 heavy (non-hydrogen) atoms. The van der Waals surface area contributed by atoms with Gasteiger partial charge in [0.05, 0.1) is 6.10 Å². The van der Waals surface area contributed by atoms with Gasteiger partial charge in [0, 0.05) is 22.8 Å². The fraction of sp³-hybridized carbons (Fsp3) is 0.286. The van der Waals surface area contributed by atoms with Gasteiger partial charge in [-0.25, -0.2) is 9.97 Å². The predicted octanol–water partition coefficient (Wildman–Crippen LogP) is 2.50. The van der Waals surface area contributed by atoms with Gasteiger partial charge >= 0.3 is 0 Å². The predicted molar refractivity (Wildman–Crippen MR) is 78.0 cm³/mol. The molecule has 0 aliphatic rings. The maximum atomic E-state index is 10.1. The molecule has 1 aromatic heterocycles. The lowest BCUT2D eigenvalue weighted by Crippen LogP contribution is -2.02. The number of aliphatic hydroxyl groups is 1. The maximum absolute atomic E-state index is 10.1. The number of hydrogen-bond acceptors (Lipinski definition) is 5. The van der Waals surface area contributed by atoms with Crippen LogP contribution in [0.2, 0.25) is 0 Å². The van der Waals surface area contributed by atoms with Crippen molar-refractivity contribution in [2.24, 2.45) is 0 Å². The van der Waals surface area contributed by atoms with Gasteiger partial charge in [-0.05, 0) is 37.6 Å². The normalized spacial score (nSPS) is 12.4. The van der Waals surface area contributed by atoms with E-state index in [2.05, 4.69) is 9.97 Å². The zero-order valence-corrected chi connectivity index (χ0v) is 11.8. The molecule has 1 atom stereocenters. The average molecular weight is 275 g/mol. The first-order valence-corrected chi connectivity index (χ1v) is 7.02. The first kappa shape index (κ1) is 13.8. The number of aromatic nitrogens is 2. The van der Waals surface area contributed by atoms with Crippen molar-refractivity contribution in [3.05, 3.63) is 47.3 Å². The van der Waals surface area contributed by atoms with Crippen LogP contribution in [0.4, 0.5) is 5.69 Å². The summed E-state index contributed by atoms with van der Waals surface area (Å²) in [5.41, 5.74) is 9.05. The SMILES string of the molecule is Cc1cc(C)nc(SCC(O)c2ccc(N)cc2)n1. The van der Waals surface area contributed by atoms with E-state index in [1.165, 1.54) is 11.8 Å². The molecular weight excluding hydrogens is 258 g/mol. The number of benzene rings is 1. The molecule has 5 heteroatoms. The van der Waals surface area contributed by atoms with Gasteiger partial charge in [0.25, 0.3) is 0 Å². The summed E-state index contributed by atoms with van der Waals surface area (Å²) in [5.74, 6) is 0.521. The Labute approximate surface area is 117 Å². The fourth-order valence-electron chi connectivity index (χ4n) is 1.73. The van der Waals surface area contributed by atoms with E-state index in [4.69, 9.17) is 5.73 Å². The molecule has 0 radical (unpaired) electrons. The van der Waals surface area contributed by atoms with Gasteiger partial charge in [-0.2, -0.15) is 0 Å². The molecule has 100 valence electrons. The van der Waals surface area contributed by atoms with E-state index in [0.29, 0.717) is 16.6 Å². The van der Waals surface area contributed by atoms with Crippen molar-refractivity contribution in [3.8, 4) is 0 Å². The van der Waals surface area contributed by atoms with E-state index in [9.17, 15) is 5.11 Å². The van der Waals surface area contributed by atoms with Crippen LogP contribution in [-0.2, 0) is 0 Å². The molecule has 4 nitrogen and oxygen atoms in total. The van der Waals surface area contributed by atoms with Gasteiger partial charge in [0.15, 0.2) is 5.16 Å². The van der Waals surface area contributed by atoms with Crippen LogP contribution in [0.25, 0.3) is 0 Å². The van der Waals surface area contributed by atoms with E-state index >= 15 is 0 Å². The average Bonchev–Trinajstić information content (AvgIpc) is 2.36. The molecule has 1 heterocycles. The lowest BCUT2D eigenvalue weighted by Gasteiger charge is -2.10. The van der Waals surface area contributed by atoms with Crippen molar-refractivity contribution in [3.63, 3.8) is 0 Å². The van der Waals surface area contributed by atoms with Gasteiger partial charge in [0.2, 0.25) is 0 Å². The number of nitrogens with zero attached hydrogens (tertiary/aromatic N) is 2. The molecule has 0 saturated heterocycles. The smallest absolute Gasteiger partial charge is 0.188 e. The second-order valence-corrected chi connectivity index (χ2v) is 5.41. The van der Waals surface area contributed by atoms with Crippen LogP contribution < -0.4 is 5.73 Å². The maximum Gasteiger partial charge on any atom is 0.188 e. The van der Waals surface area contributed by atoms with Crippen molar-refractivity contribution in [1.82, 2.24) is 9.97 Å². The quantitative estimate of drug-likeness (QED) is 0.509. The summed E-state index contributed by atoms with van der Waals surface area (Å²) in [6, 6.07) is 9.18. The molecule has 0 aliphatic heterocycles. The fourth-order valence-corrected chi connectivity index (χ4v) is 2.64. The topological polar surface area (TPSA) is 72.0 Å². The van der Waals surface area contributed by atoms with Crippen molar-refractivity contribution in [2.75, 3.05) is 11.5 Å². The molecule has 3 N–H and O–H groups in total. The third kappa shape index (κ3) is 3.94. The number of aliphatic hydroxyl groups excluding tert-OH is 1. The number of aryl methyl sites for hydroxylation is 2. The summed E-state index contributed by atoms with van der Waals surface area (Å²) < 4.78 is 0. The van der Waals surface area contributed by atoms with Gasteiger partial charge in [-0.3, -0.25) is 0 Å². The monoisotopic (exact) mass is 275 g/mol. The standard InChI is InChI=1S/C14H17N3OS/c1-9-7-10(2)17-14(16-9)19-8-13(18)11-3-5-12(15)6-4-11/h3-7,13,18H,8,15H2,1-2H3. The number of thioether (sulfide) groups is 1. The molecule has 1 unspecified atom stereocenters. The minimum absolute atomic E-state index is 0.521. The summed E-state index contributed by atoms with van der Waals surface area (Å²) >= 11 is 1.45. The molecule has 1 aromatic carbocycles. The molecule has 2 rings (SSSR count). The van der Waals surface area contributed by atoms with Gasteiger partial charge in [-0.1, -0.05) is 23.9 Å². The highest BCUT2D eigenvalue weighted by Gasteiger charge is 2.09. The van der Waals surface area contributed by atoms with Crippen molar-refractivity contribution in [2.45, 2.75) is 25.1 Å². The van der Waals surface area contributed by atoms with Crippen LogP contribution in [-0.4, -0.2) is 20.8 Å². The number of anilines is 1. The first-order valence-electron chi connectivity index (χ1n) is 6.03. The Morgan fingerprint density at radius 3 is 2.32 bits per heavy atom. The highest BCUT2D eigenvalue weighted by Crippen LogP contribution is 2.23. The molecule has 0 aliphatic carbocycles. The zero-order chi connectivity index (χ0) is 13.8. The second-order valence-electron chi connectivity index (χ2n) is 4.43. The number of nitrogen functional groups attached to an aromatic ring is 1. The van der Waals surface area contributed by atoms with Crippen molar-refractivity contribution < 1.29 is 5.11 Å². The van der Waals surface area contributed by atoms with Gasteiger partial charge < -0.3 is 10.8 Å². The minimum atomic E-state index is -0.546. The molecule has 0 fully saturated rings. The Hall–Kier alpha value is -1.59. The zero-order valence-electron chi connectivity index (χ0n) is 11.0. The van der Waals surface area contributed by atoms with Crippen LogP contribution in [0, 0.1) is 13.8 Å².